The third-order valence-electron chi connectivity index (χ3n) is 4.23. The molecule has 20 heavy (non-hydrogen) atoms. The van der Waals surface area contributed by atoms with E-state index in [-0.39, 0.29) is 5.91 Å². The summed E-state index contributed by atoms with van der Waals surface area (Å²) in [5.74, 6) is 0.0297. The van der Waals surface area contributed by atoms with Crippen molar-refractivity contribution in [2.75, 3.05) is 26.2 Å². The van der Waals surface area contributed by atoms with Crippen LogP contribution in [0, 0.1) is 0 Å². The molecular weight excluding hydrogens is 315 g/mol. The quantitative estimate of drug-likeness (QED) is 0.823. The van der Waals surface area contributed by atoms with Gasteiger partial charge in [0.05, 0.1) is 9.90 Å². The zero-order chi connectivity index (χ0) is 14.1. The Morgan fingerprint density at radius 1 is 1.20 bits per heavy atom. The number of piperidine rings is 1. The molecule has 2 saturated heterocycles. The van der Waals surface area contributed by atoms with Gasteiger partial charge in [-0.05, 0) is 44.8 Å². The predicted molar refractivity (Wildman–Crippen MR) is 84.1 cm³/mol. The minimum atomic E-state index is 0.0297. The van der Waals surface area contributed by atoms with Crippen molar-refractivity contribution in [1.82, 2.24) is 9.80 Å². The topological polar surface area (TPSA) is 23.6 Å². The number of halogens is 2. The van der Waals surface area contributed by atoms with Crippen molar-refractivity contribution < 1.29 is 4.79 Å². The first kappa shape index (κ1) is 14.6. The Bertz CT molecular complexity index is 499. The number of thiophene rings is 1. The maximum atomic E-state index is 12.6. The Kier molecular flexibility index (Phi) is 4.55. The fraction of sp³-hybridized carbons (Fsp3) is 0.643. The van der Waals surface area contributed by atoms with Crippen molar-refractivity contribution in [1.29, 1.82) is 0 Å². The van der Waals surface area contributed by atoms with Crippen molar-refractivity contribution in [3.8, 4) is 0 Å². The van der Waals surface area contributed by atoms with Crippen LogP contribution in [0.15, 0.2) is 6.07 Å². The number of likely N-dealkylation sites (tertiary alicyclic amines) is 2. The van der Waals surface area contributed by atoms with Gasteiger partial charge in [-0.25, -0.2) is 0 Å². The minimum Gasteiger partial charge on any atom is -0.337 e. The van der Waals surface area contributed by atoms with Gasteiger partial charge in [0.1, 0.15) is 4.34 Å². The highest BCUT2D eigenvalue weighted by Gasteiger charge is 2.30. The summed E-state index contributed by atoms with van der Waals surface area (Å²) >= 11 is 13.3. The lowest BCUT2D eigenvalue weighted by molar-refractivity contribution is 0.0608. The number of carbonyl (C=O) groups excluding carboxylic acids is 1. The van der Waals surface area contributed by atoms with Crippen LogP contribution in [0.1, 0.15) is 36.0 Å². The fourth-order valence-electron chi connectivity index (χ4n) is 3.20. The molecular formula is C14H18Cl2N2OS. The van der Waals surface area contributed by atoms with Crippen LogP contribution in [0.5, 0.6) is 0 Å². The molecule has 0 saturated carbocycles. The van der Waals surface area contributed by atoms with E-state index in [1.165, 1.54) is 43.7 Å². The van der Waals surface area contributed by atoms with Gasteiger partial charge in [0.15, 0.2) is 0 Å². The zero-order valence-electron chi connectivity index (χ0n) is 11.3. The summed E-state index contributed by atoms with van der Waals surface area (Å²) in [6.07, 6.45) is 4.84. The van der Waals surface area contributed by atoms with Crippen LogP contribution in [-0.2, 0) is 0 Å². The molecule has 1 unspecified atom stereocenters. The summed E-state index contributed by atoms with van der Waals surface area (Å²) in [7, 11) is 0. The van der Waals surface area contributed by atoms with E-state index in [1.54, 1.807) is 6.07 Å². The van der Waals surface area contributed by atoms with Gasteiger partial charge in [-0.15, -0.1) is 11.3 Å². The molecule has 3 nitrogen and oxygen atoms in total. The number of amides is 1. The SMILES string of the molecule is O=C(c1cc(Cl)sc1Cl)N1CCCC(N2CCCC2)C1. The summed E-state index contributed by atoms with van der Waals surface area (Å²) in [4.78, 5) is 17.0. The highest BCUT2D eigenvalue weighted by molar-refractivity contribution is 7.20. The monoisotopic (exact) mass is 332 g/mol. The second-order valence-electron chi connectivity index (χ2n) is 5.53. The van der Waals surface area contributed by atoms with Crippen LogP contribution in [0.4, 0.5) is 0 Å². The number of hydrogen-bond donors (Lipinski definition) is 0. The fourth-order valence-corrected chi connectivity index (χ4v) is 4.65. The smallest absolute Gasteiger partial charge is 0.256 e. The lowest BCUT2D eigenvalue weighted by Gasteiger charge is -2.37. The molecule has 0 N–H and O–H groups in total. The highest BCUT2D eigenvalue weighted by atomic mass is 35.5. The van der Waals surface area contributed by atoms with Crippen LogP contribution >= 0.6 is 34.5 Å². The minimum absolute atomic E-state index is 0.0297. The lowest BCUT2D eigenvalue weighted by Crippen LogP contribution is -2.48. The molecule has 0 aromatic carbocycles. The maximum Gasteiger partial charge on any atom is 0.256 e. The largest absolute Gasteiger partial charge is 0.337 e. The van der Waals surface area contributed by atoms with Gasteiger partial charge in [0, 0.05) is 19.1 Å². The normalized spacial score (nSPS) is 24.3. The number of nitrogens with zero attached hydrogens (tertiary/aromatic N) is 2. The molecule has 0 radical (unpaired) electrons. The molecule has 110 valence electrons. The van der Waals surface area contributed by atoms with E-state index >= 15 is 0 Å². The highest BCUT2D eigenvalue weighted by Crippen LogP contribution is 2.32. The van der Waals surface area contributed by atoms with Crippen molar-refractivity contribution in [2.45, 2.75) is 31.7 Å². The first-order chi connectivity index (χ1) is 9.65. The summed E-state index contributed by atoms with van der Waals surface area (Å²) < 4.78 is 1.08. The second-order valence-corrected chi connectivity index (χ2v) is 7.81. The van der Waals surface area contributed by atoms with Gasteiger partial charge in [-0.1, -0.05) is 23.2 Å². The lowest BCUT2D eigenvalue weighted by atomic mass is 10.0. The van der Waals surface area contributed by atoms with Crippen LogP contribution in [0.25, 0.3) is 0 Å². The molecule has 1 aromatic heterocycles. The van der Waals surface area contributed by atoms with Crippen LogP contribution in [-0.4, -0.2) is 47.9 Å². The van der Waals surface area contributed by atoms with Crippen molar-refractivity contribution >= 4 is 40.4 Å². The predicted octanol–water partition coefficient (Wildman–Crippen LogP) is 3.76. The first-order valence-corrected chi connectivity index (χ1v) is 8.70. The van der Waals surface area contributed by atoms with Crippen molar-refractivity contribution in [3.05, 3.63) is 20.3 Å². The Hall–Kier alpha value is -0.290. The third kappa shape index (κ3) is 2.98. The second kappa shape index (κ2) is 6.22. The molecule has 3 rings (SSSR count). The number of hydrogen-bond acceptors (Lipinski definition) is 3. The number of rotatable bonds is 2. The average Bonchev–Trinajstić information content (AvgIpc) is 3.08. The van der Waals surface area contributed by atoms with E-state index < -0.39 is 0 Å². The van der Waals surface area contributed by atoms with Crippen LogP contribution < -0.4 is 0 Å². The van der Waals surface area contributed by atoms with Gasteiger partial charge >= 0.3 is 0 Å². The molecule has 0 aliphatic carbocycles. The van der Waals surface area contributed by atoms with Gasteiger partial charge in [-0.3, -0.25) is 9.69 Å². The molecule has 1 atom stereocenters. The Morgan fingerprint density at radius 3 is 2.60 bits per heavy atom. The van der Waals surface area contributed by atoms with Gasteiger partial charge in [0.25, 0.3) is 5.91 Å². The molecule has 0 spiro atoms. The van der Waals surface area contributed by atoms with Gasteiger partial charge in [0.2, 0.25) is 0 Å². The van der Waals surface area contributed by atoms with E-state index in [4.69, 9.17) is 23.2 Å². The van der Waals surface area contributed by atoms with E-state index in [0.717, 1.165) is 19.5 Å². The summed E-state index contributed by atoms with van der Waals surface area (Å²) in [5, 5.41) is 0. The molecule has 3 heterocycles. The third-order valence-corrected chi connectivity index (χ3v) is 5.72. The van der Waals surface area contributed by atoms with Crippen molar-refractivity contribution in [3.63, 3.8) is 0 Å². The number of carbonyl (C=O) groups is 1. The molecule has 1 amide bonds. The molecule has 6 heteroatoms. The van der Waals surface area contributed by atoms with E-state index in [2.05, 4.69) is 4.90 Å². The Labute approximate surface area is 133 Å². The zero-order valence-corrected chi connectivity index (χ0v) is 13.6. The van der Waals surface area contributed by atoms with E-state index in [0.29, 0.717) is 20.3 Å². The van der Waals surface area contributed by atoms with Crippen molar-refractivity contribution in [2.24, 2.45) is 0 Å². The molecule has 0 bridgehead atoms. The first-order valence-electron chi connectivity index (χ1n) is 7.13. The van der Waals surface area contributed by atoms with Gasteiger partial charge in [-0.2, -0.15) is 0 Å². The summed E-state index contributed by atoms with van der Waals surface area (Å²) in [6.45, 7) is 4.01. The molecule has 1 aromatic rings. The van der Waals surface area contributed by atoms with E-state index in [1.807, 2.05) is 4.90 Å². The van der Waals surface area contributed by atoms with E-state index in [9.17, 15) is 4.79 Å². The standard InChI is InChI=1S/C14H18Cl2N2OS/c15-12-8-11(13(16)20-12)14(19)18-7-3-4-10(9-18)17-5-1-2-6-17/h8,10H,1-7,9H2. The van der Waals surface area contributed by atoms with Gasteiger partial charge < -0.3 is 4.90 Å². The summed E-state index contributed by atoms with van der Waals surface area (Å²) in [6, 6.07) is 2.21. The maximum absolute atomic E-state index is 12.6. The summed E-state index contributed by atoms with van der Waals surface area (Å²) in [5.41, 5.74) is 0.559. The van der Waals surface area contributed by atoms with Crippen LogP contribution in [0.2, 0.25) is 8.67 Å². The molecule has 2 fully saturated rings. The average molecular weight is 333 g/mol. The molecule has 2 aliphatic rings. The molecule has 2 aliphatic heterocycles. The Balaban J connectivity index is 1.70. The van der Waals surface area contributed by atoms with Crippen LogP contribution in [0.3, 0.4) is 0 Å². The Morgan fingerprint density at radius 2 is 1.95 bits per heavy atom.